The summed E-state index contributed by atoms with van der Waals surface area (Å²) >= 11 is 0. The largest absolute Gasteiger partial charge is 0.332 e. The third kappa shape index (κ3) is 3.29. The Morgan fingerprint density at radius 3 is 2.62 bits per heavy atom. The van der Waals surface area contributed by atoms with Crippen LogP contribution in [0.1, 0.15) is 19.7 Å². The number of hydrogen-bond donors (Lipinski definition) is 3. The zero-order valence-electron chi connectivity index (χ0n) is 9.69. The van der Waals surface area contributed by atoms with E-state index in [9.17, 15) is 8.42 Å². The van der Waals surface area contributed by atoms with Crippen LogP contribution in [0, 0.1) is 12.8 Å². The molecule has 0 aliphatic rings. The van der Waals surface area contributed by atoms with Crippen LogP contribution in [-0.2, 0) is 10.0 Å². The highest BCUT2D eigenvalue weighted by Crippen LogP contribution is 2.05. The number of sulfonamides is 1. The molecule has 4 N–H and O–H groups in total. The minimum Gasteiger partial charge on any atom is -0.332 e. The molecule has 92 valence electrons. The Labute approximate surface area is 95.7 Å². The van der Waals surface area contributed by atoms with Crippen molar-refractivity contribution in [3.63, 3.8) is 0 Å². The quantitative estimate of drug-likeness (QED) is 0.679. The van der Waals surface area contributed by atoms with Crippen molar-refractivity contribution < 1.29 is 8.42 Å². The highest BCUT2D eigenvalue weighted by atomic mass is 32.2. The lowest BCUT2D eigenvalue weighted by Crippen LogP contribution is -2.40. The minimum atomic E-state index is -3.52. The van der Waals surface area contributed by atoms with Gasteiger partial charge in [-0.25, -0.2) is 18.1 Å². The Morgan fingerprint density at radius 2 is 2.19 bits per heavy atom. The van der Waals surface area contributed by atoms with Crippen LogP contribution in [0.3, 0.4) is 0 Å². The lowest BCUT2D eigenvalue weighted by molar-refractivity contribution is 0.481. The zero-order chi connectivity index (χ0) is 12.3. The van der Waals surface area contributed by atoms with Gasteiger partial charge in [0.2, 0.25) is 0 Å². The van der Waals surface area contributed by atoms with Gasteiger partial charge in [0.1, 0.15) is 5.82 Å². The van der Waals surface area contributed by atoms with Gasteiger partial charge in [0.25, 0.3) is 10.0 Å². The number of hydrogen-bond acceptors (Lipinski definition) is 4. The molecule has 0 saturated heterocycles. The van der Waals surface area contributed by atoms with E-state index in [0.717, 1.165) is 0 Å². The molecule has 1 heterocycles. The SMILES string of the molecule is Cc1ncc(S(=O)(=O)NCC(N)C(C)C)[nH]1. The van der Waals surface area contributed by atoms with Crippen molar-refractivity contribution in [2.45, 2.75) is 31.8 Å². The Kier molecular flexibility index (Phi) is 4.06. The van der Waals surface area contributed by atoms with Gasteiger partial charge in [-0.2, -0.15) is 0 Å². The van der Waals surface area contributed by atoms with Gasteiger partial charge in [0, 0.05) is 12.6 Å². The first kappa shape index (κ1) is 13.1. The number of imidazole rings is 1. The highest BCUT2D eigenvalue weighted by molar-refractivity contribution is 7.89. The summed E-state index contributed by atoms with van der Waals surface area (Å²) in [5.41, 5.74) is 5.75. The molecule has 1 aromatic rings. The number of rotatable bonds is 5. The molecule has 1 rings (SSSR count). The summed E-state index contributed by atoms with van der Waals surface area (Å²) in [6.07, 6.45) is 1.29. The van der Waals surface area contributed by atoms with Gasteiger partial charge in [-0.05, 0) is 12.8 Å². The van der Waals surface area contributed by atoms with Gasteiger partial charge in [-0.1, -0.05) is 13.8 Å². The number of aromatic amines is 1. The molecule has 0 bridgehead atoms. The molecule has 7 heteroatoms. The third-order valence-electron chi connectivity index (χ3n) is 2.33. The predicted molar refractivity (Wildman–Crippen MR) is 61.3 cm³/mol. The predicted octanol–water partition coefficient (Wildman–Crippen LogP) is -0.0203. The van der Waals surface area contributed by atoms with Crippen molar-refractivity contribution in [2.75, 3.05) is 6.54 Å². The van der Waals surface area contributed by atoms with Crippen molar-refractivity contribution in [1.82, 2.24) is 14.7 Å². The standard InChI is InChI=1S/C9H18N4O2S/c1-6(2)8(10)4-12-16(14,15)9-5-11-7(3)13-9/h5-6,8,12H,4,10H2,1-3H3,(H,11,13). The Morgan fingerprint density at radius 1 is 1.56 bits per heavy atom. The molecule has 1 unspecified atom stereocenters. The maximum atomic E-state index is 11.7. The molecule has 0 fully saturated rings. The first-order valence-electron chi connectivity index (χ1n) is 5.10. The summed E-state index contributed by atoms with van der Waals surface area (Å²) in [5.74, 6) is 0.791. The molecule has 0 aliphatic carbocycles. The van der Waals surface area contributed by atoms with Gasteiger partial charge >= 0.3 is 0 Å². The van der Waals surface area contributed by atoms with Crippen molar-refractivity contribution in [3.05, 3.63) is 12.0 Å². The number of nitrogens with two attached hydrogens (primary N) is 1. The molecule has 0 radical (unpaired) electrons. The molecular formula is C9H18N4O2S. The fourth-order valence-corrected chi connectivity index (χ4v) is 2.10. The van der Waals surface area contributed by atoms with Crippen LogP contribution in [0.2, 0.25) is 0 Å². The second-order valence-electron chi connectivity index (χ2n) is 4.09. The molecule has 6 nitrogen and oxygen atoms in total. The van der Waals surface area contributed by atoms with Gasteiger partial charge in [-0.15, -0.1) is 0 Å². The van der Waals surface area contributed by atoms with Gasteiger partial charge in [0.05, 0.1) is 6.20 Å². The van der Waals surface area contributed by atoms with Gasteiger partial charge in [-0.3, -0.25) is 0 Å². The maximum absolute atomic E-state index is 11.7. The fourth-order valence-electron chi connectivity index (χ4n) is 1.05. The van der Waals surface area contributed by atoms with Crippen molar-refractivity contribution in [3.8, 4) is 0 Å². The van der Waals surface area contributed by atoms with Crippen LogP contribution in [0.5, 0.6) is 0 Å². The molecule has 0 amide bonds. The summed E-state index contributed by atoms with van der Waals surface area (Å²) in [6, 6.07) is -0.196. The summed E-state index contributed by atoms with van der Waals surface area (Å²) in [7, 11) is -3.52. The minimum absolute atomic E-state index is 0.0703. The monoisotopic (exact) mass is 246 g/mol. The molecule has 1 atom stereocenters. The van der Waals surface area contributed by atoms with Crippen molar-refractivity contribution in [1.29, 1.82) is 0 Å². The second-order valence-corrected chi connectivity index (χ2v) is 5.83. The first-order valence-corrected chi connectivity index (χ1v) is 6.58. The van der Waals surface area contributed by atoms with Crippen LogP contribution in [0.4, 0.5) is 0 Å². The molecule has 16 heavy (non-hydrogen) atoms. The number of aryl methyl sites for hydroxylation is 1. The lowest BCUT2D eigenvalue weighted by Gasteiger charge is -2.15. The van der Waals surface area contributed by atoms with E-state index in [0.29, 0.717) is 5.82 Å². The molecule has 0 aliphatic heterocycles. The van der Waals surface area contributed by atoms with Crippen molar-refractivity contribution in [2.24, 2.45) is 11.7 Å². The number of H-pyrrole nitrogens is 1. The average Bonchev–Trinajstić information content (AvgIpc) is 2.61. The molecule has 0 spiro atoms. The molecular weight excluding hydrogens is 228 g/mol. The van der Waals surface area contributed by atoms with Crippen molar-refractivity contribution >= 4 is 10.0 Å². The van der Waals surface area contributed by atoms with E-state index in [1.165, 1.54) is 6.20 Å². The maximum Gasteiger partial charge on any atom is 0.257 e. The summed E-state index contributed by atoms with van der Waals surface area (Å²) in [6.45, 7) is 5.80. The molecule has 0 aromatic carbocycles. The average molecular weight is 246 g/mol. The first-order chi connectivity index (χ1) is 7.33. The van der Waals surface area contributed by atoms with Gasteiger partial charge < -0.3 is 10.7 Å². The topological polar surface area (TPSA) is 101 Å². The van der Waals surface area contributed by atoms with E-state index in [1.54, 1.807) is 6.92 Å². The molecule has 0 saturated carbocycles. The third-order valence-corrected chi connectivity index (χ3v) is 3.67. The Balaban J connectivity index is 2.67. The Hall–Kier alpha value is -0.920. The van der Waals surface area contributed by atoms with E-state index in [2.05, 4.69) is 14.7 Å². The van der Waals surface area contributed by atoms with E-state index < -0.39 is 10.0 Å². The van der Waals surface area contributed by atoms with E-state index >= 15 is 0 Å². The van der Waals surface area contributed by atoms with E-state index in [1.807, 2.05) is 13.8 Å². The normalized spacial score (nSPS) is 14.3. The lowest BCUT2D eigenvalue weighted by atomic mass is 10.1. The number of nitrogens with one attached hydrogen (secondary N) is 2. The summed E-state index contributed by atoms with van der Waals surface area (Å²) < 4.78 is 25.9. The molecule has 1 aromatic heterocycles. The van der Waals surface area contributed by atoms with Crippen LogP contribution < -0.4 is 10.5 Å². The summed E-state index contributed by atoms with van der Waals surface area (Å²) in [5, 5.41) is 0.0703. The van der Waals surface area contributed by atoms with Crippen LogP contribution in [0.25, 0.3) is 0 Å². The fraction of sp³-hybridized carbons (Fsp3) is 0.667. The van der Waals surface area contributed by atoms with Crippen LogP contribution in [-0.4, -0.2) is 31.0 Å². The van der Waals surface area contributed by atoms with E-state index in [-0.39, 0.29) is 23.5 Å². The van der Waals surface area contributed by atoms with Crippen LogP contribution >= 0.6 is 0 Å². The highest BCUT2D eigenvalue weighted by Gasteiger charge is 2.18. The number of nitrogens with zero attached hydrogens (tertiary/aromatic N) is 1. The smallest absolute Gasteiger partial charge is 0.257 e. The van der Waals surface area contributed by atoms with E-state index in [4.69, 9.17) is 5.73 Å². The summed E-state index contributed by atoms with van der Waals surface area (Å²) in [4.78, 5) is 6.51. The second kappa shape index (κ2) is 4.94. The zero-order valence-corrected chi connectivity index (χ0v) is 10.5. The Bertz CT molecular complexity index is 438. The van der Waals surface area contributed by atoms with Gasteiger partial charge in [0.15, 0.2) is 5.03 Å². The van der Waals surface area contributed by atoms with Crippen LogP contribution in [0.15, 0.2) is 11.2 Å². The number of aromatic nitrogens is 2.